The summed E-state index contributed by atoms with van der Waals surface area (Å²) < 4.78 is 0. The number of aromatic amines is 1. The van der Waals surface area contributed by atoms with Gasteiger partial charge in [-0.15, -0.1) is 0 Å². The Kier molecular flexibility index (Phi) is 4.33. The van der Waals surface area contributed by atoms with E-state index in [2.05, 4.69) is 25.2 Å². The average molecular weight is 370 g/mol. The zero-order valence-corrected chi connectivity index (χ0v) is 14.5. The van der Waals surface area contributed by atoms with E-state index in [9.17, 15) is 4.79 Å². The van der Waals surface area contributed by atoms with Crippen LogP contribution >= 0.6 is 23.4 Å². The van der Waals surface area contributed by atoms with Crippen molar-refractivity contribution < 1.29 is 4.79 Å². The number of carbonyl (C=O) groups excluding carboxylic acids is 1. The second-order valence-corrected chi connectivity index (χ2v) is 6.80. The lowest BCUT2D eigenvalue weighted by Crippen LogP contribution is -2.06. The molecule has 1 aromatic heterocycles. The molecule has 4 rings (SSSR count). The van der Waals surface area contributed by atoms with Crippen LogP contribution in [0.1, 0.15) is 11.9 Å². The molecule has 6 nitrogen and oxygen atoms in total. The highest BCUT2D eigenvalue weighted by Gasteiger charge is 2.27. The van der Waals surface area contributed by atoms with Gasteiger partial charge in [-0.1, -0.05) is 35.5 Å². The number of hydrogen-bond donors (Lipinski definition) is 1. The minimum absolute atomic E-state index is 0.164. The summed E-state index contributed by atoms with van der Waals surface area (Å²) >= 11 is 7.25. The molecule has 0 saturated heterocycles. The van der Waals surface area contributed by atoms with E-state index < -0.39 is 6.04 Å². The number of carbonyl (C=O) groups is 1. The molecule has 0 aliphatic carbocycles. The Hall–Kier alpha value is -2.51. The third kappa shape index (κ3) is 3.47. The molecule has 1 aliphatic heterocycles. The Morgan fingerprint density at radius 3 is 2.68 bits per heavy atom. The van der Waals surface area contributed by atoms with E-state index in [0.29, 0.717) is 27.3 Å². The van der Waals surface area contributed by atoms with Crippen molar-refractivity contribution in [2.45, 2.75) is 6.04 Å². The monoisotopic (exact) mass is 369 g/mol. The number of nitrogens with zero attached hydrogens (tertiary/aromatic N) is 4. The van der Waals surface area contributed by atoms with Crippen LogP contribution in [0.2, 0.25) is 5.02 Å². The maximum absolute atomic E-state index is 11.5. The zero-order valence-electron chi connectivity index (χ0n) is 12.9. The fourth-order valence-electron chi connectivity index (χ4n) is 2.42. The van der Waals surface area contributed by atoms with Gasteiger partial charge in [0.2, 0.25) is 0 Å². The van der Waals surface area contributed by atoms with Crippen molar-refractivity contribution in [1.82, 2.24) is 9.97 Å². The summed E-state index contributed by atoms with van der Waals surface area (Å²) in [6.45, 7) is 0. The van der Waals surface area contributed by atoms with E-state index in [1.807, 2.05) is 24.3 Å². The first-order valence-electron chi connectivity index (χ1n) is 7.54. The normalized spacial score (nSPS) is 15.9. The Labute approximate surface area is 152 Å². The van der Waals surface area contributed by atoms with Crippen molar-refractivity contribution in [2.75, 3.05) is 5.75 Å². The lowest BCUT2D eigenvalue weighted by Gasteiger charge is -2.07. The van der Waals surface area contributed by atoms with E-state index in [0.717, 1.165) is 11.0 Å². The molecule has 1 aliphatic rings. The van der Waals surface area contributed by atoms with Crippen LogP contribution in [0.15, 0.2) is 63.8 Å². The van der Waals surface area contributed by atoms with Crippen LogP contribution in [0.25, 0.3) is 11.0 Å². The third-order valence-electron chi connectivity index (χ3n) is 3.59. The predicted molar refractivity (Wildman–Crippen MR) is 99.7 cm³/mol. The highest BCUT2D eigenvalue weighted by molar-refractivity contribution is 8.15. The topological polar surface area (TPSA) is 82.8 Å². The van der Waals surface area contributed by atoms with Gasteiger partial charge in [0.1, 0.15) is 10.9 Å². The quantitative estimate of drug-likeness (QED) is 0.676. The molecule has 0 bridgehead atoms. The van der Waals surface area contributed by atoms with Gasteiger partial charge in [0, 0.05) is 5.02 Å². The van der Waals surface area contributed by atoms with Gasteiger partial charge in [0.25, 0.3) is 5.91 Å². The fourth-order valence-corrected chi connectivity index (χ4v) is 3.36. The number of rotatable bonds is 4. The van der Waals surface area contributed by atoms with Gasteiger partial charge in [-0.05, 0) is 36.4 Å². The van der Waals surface area contributed by atoms with Gasteiger partial charge in [0.15, 0.2) is 6.04 Å². The summed E-state index contributed by atoms with van der Waals surface area (Å²) in [5.41, 5.74) is 2.40. The Morgan fingerprint density at radius 1 is 1.16 bits per heavy atom. The molecule has 124 valence electrons. The summed E-state index contributed by atoms with van der Waals surface area (Å²) in [5, 5.41) is 9.89. The Morgan fingerprint density at radius 2 is 1.96 bits per heavy atom. The van der Waals surface area contributed by atoms with Crippen molar-refractivity contribution in [1.29, 1.82) is 0 Å². The Balaban J connectivity index is 1.72. The minimum Gasteiger partial charge on any atom is -0.340 e. The predicted octanol–water partition coefficient (Wildman–Crippen LogP) is 4.71. The average Bonchev–Trinajstić information content (AvgIpc) is 3.23. The van der Waals surface area contributed by atoms with E-state index >= 15 is 0 Å². The van der Waals surface area contributed by atoms with Crippen LogP contribution in [-0.4, -0.2) is 26.7 Å². The fraction of sp³-hybridized carbons (Fsp3) is 0.118. The molecule has 0 unspecified atom stereocenters. The number of para-hydroxylation sites is 2. The SMILES string of the molecule is O=C1CSC([C@H](N=Nc2ccc(Cl)cc2)c2nc3ccccc3[nH]2)=N1. The molecule has 1 amide bonds. The number of H-pyrrole nitrogens is 1. The molecule has 0 spiro atoms. The van der Waals surface area contributed by atoms with Crippen LogP contribution in [0.5, 0.6) is 0 Å². The molecule has 2 aromatic carbocycles. The molecule has 25 heavy (non-hydrogen) atoms. The number of nitrogens with one attached hydrogen (secondary N) is 1. The van der Waals surface area contributed by atoms with Crippen molar-refractivity contribution in [3.05, 3.63) is 59.4 Å². The number of aromatic nitrogens is 2. The van der Waals surface area contributed by atoms with E-state index in [-0.39, 0.29) is 5.91 Å². The highest BCUT2D eigenvalue weighted by Crippen LogP contribution is 2.30. The first-order valence-corrected chi connectivity index (χ1v) is 8.91. The van der Waals surface area contributed by atoms with Gasteiger partial charge in [-0.25, -0.2) is 9.98 Å². The number of amides is 1. The summed E-state index contributed by atoms with van der Waals surface area (Å²) in [7, 11) is 0. The first-order chi connectivity index (χ1) is 12.2. The number of thioether (sulfide) groups is 1. The standard InChI is InChI=1S/C17H12ClN5OS/c18-10-5-7-11(8-6-10)22-23-15(17-21-14(24)9-25-17)16-19-12-3-1-2-4-13(12)20-16/h1-8,15H,9H2,(H,19,20)/t15-/m1/s1. The minimum atomic E-state index is -0.542. The van der Waals surface area contributed by atoms with Crippen LogP contribution in [0.4, 0.5) is 5.69 Å². The van der Waals surface area contributed by atoms with Gasteiger partial charge < -0.3 is 4.98 Å². The van der Waals surface area contributed by atoms with Crippen LogP contribution < -0.4 is 0 Å². The molecule has 1 atom stereocenters. The number of hydrogen-bond acceptors (Lipinski definition) is 5. The van der Waals surface area contributed by atoms with Crippen LogP contribution in [-0.2, 0) is 4.79 Å². The molecule has 2 heterocycles. The number of imidazole rings is 1. The molecule has 3 aromatic rings. The summed E-state index contributed by atoms with van der Waals surface area (Å²) in [5.74, 6) is 0.769. The number of fused-ring (bicyclic) bond motifs is 1. The molecule has 0 radical (unpaired) electrons. The number of benzene rings is 2. The van der Waals surface area contributed by atoms with Gasteiger partial charge in [0.05, 0.1) is 22.5 Å². The molecular weight excluding hydrogens is 358 g/mol. The summed E-state index contributed by atoms with van der Waals surface area (Å²) in [6, 6.07) is 14.2. The van der Waals surface area contributed by atoms with Crippen molar-refractivity contribution in [3.63, 3.8) is 0 Å². The summed E-state index contributed by atoms with van der Waals surface area (Å²) in [6.07, 6.45) is 0. The highest BCUT2D eigenvalue weighted by atomic mass is 35.5. The smallest absolute Gasteiger partial charge is 0.256 e. The zero-order chi connectivity index (χ0) is 17.2. The van der Waals surface area contributed by atoms with Gasteiger partial charge >= 0.3 is 0 Å². The number of aliphatic imine (C=N–C) groups is 1. The first kappa shape index (κ1) is 16.0. The molecule has 8 heteroatoms. The molecular formula is C17H12ClN5OS. The lowest BCUT2D eigenvalue weighted by atomic mass is 10.3. The van der Waals surface area contributed by atoms with Crippen LogP contribution in [0.3, 0.4) is 0 Å². The van der Waals surface area contributed by atoms with Gasteiger partial charge in [-0.2, -0.15) is 10.2 Å². The second-order valence-electron chi connectivity index (χ2n) is 5.37. The summed E-state index contributed by atoms with van der Waals surface area (Å²) in [4.78, 5) is 23.4. The second kappa shape index (κ2) is 6.78. The molecule has 1 N–H and O–H groups in total. The van der Waals surface area contributed by atoms with Crippen molar-refractivity contribution in [3.8, 4) is 0 Å². The maximum Gasteiger partial charge on any atom is 0.256 e. The number of azo groups is 1. The third-order valence-corrected chi connectivity index (χ3v) is 4.85. The van der Waals surface area contributed by atoms with E-state index in [1.54, 1.807) is 24.3 Å². The maximum atomic E-state index is 11.5. The van der Waals surface area contributed by atoms with Crippen LogP contribution in [0, 0.1) is 0 Å². The lowest BCUT2D eigenvalue weighted by molar-refractivity contribution is -0.115. The van der Waals surface area contributed by atoms with Gasteiger partial charge in [-0.3, -0.25) is 4.79 Å². The Bertz CT molecular complexity index is 963. The van der Waals surface area contributed by atoms with E-state index in [1.165, 1.54) is 11.8 Å². The van der Waals surface area contributed by atoms with E-state index in [4.69, 9.17) is 11.6 Å². The van der Waals surface area contributed by atoms with Crippen molar-refractivity contribution >= 4 is 51.0 Å². The number of halogens is 1. The van der Waals surface area contributed by atoms with Crippen molar-refractivity contribution in [2.24, 2.45) is 15.2 Å². The largest absolute Gasteiger partial charge is 0.340 e. The molecule has 0 fully saturated rings. The molecule has 0 saturated carbocycles.